The van der Waals surface area contributed by atoms with Gasteiger partial charge in [0.25, 0.3) is 0 Å². The van der Waals surface area contributed by atoms with Gasteiger partial charge in [0.1, 0.15) is 5.60 Å². The largest absolute Gasteiger partial charge is 0.444 e. The number of piperidine rings is 1. The molecule has 0 aromatic rings. The number of amides is 1. The van der Waals surface area contributed by atoms with Crippen LogP contribution >= 0.6 is 24.8 Å². The van der Waals surface area contributed by atoms with Crippen molar-refractivity contribution in [3.63, 3.8) is 0 Å². The minimum Gasteiger partial charge on any atom is -0.444 e. The van der Waals surface area contributed by atoms with Gasteiger partial charge in [0, 0.05) is 6.54 Å². The molecule has 0 spiro atoms. The zero-order chi connectivity index (χ0) is 11.3. The molecule has 1 heterocycles. The predicted octanol–water partition coefficient (Wildman–Crippen LogP) is 2.35. The second-order valence-corrected chi connectivity index (χ2v) is 5.08. The lowest BCUT2D eigenvalue weighted by Crippen LogP contribution is -2.38. The highest BCUT2D eigenvalue weighted by Gasteiger charge is 2.18. The summed E-state index contributed by atoms with van der Waals surface area (Å²) in [6, 6.07) is 0. The molecular formula is C11H24Cl2N2O2. The van der Waals surface area contributed by atoms with E-state index in [4.69, 9.17) is 4.74 Å². The van der Waals surface area contributed by atoms with Crippen molar-refractivity contribution in [1.29, 1.82) is 0 Å². The molecule has 4 nitrogen and oxygen atoms in total. The van der Waals surface area contributed by atoms with E-state index in [1.54, 1.807) is 0 Å². The smallest absolute Gasteiger partial charge is 0.407 e. The van der Waals surface area contributed by atoms with E-state index < -0.39 is 5.60 Å². The van der Waals surface area contributed by atoms with Crippen LogP contribution in [0.5, 0.6) is 0 Å². The molecule has 1 fully saturated rings. The number of carbonyl (C=O) groups excluding carboxylic acids is 1. The van der Waals surface area contributed by atoms with Crippen molar-refractivity contribution in [1.82, 2.24) is 10.6 Å². The Hall–Kier alpha value is -0.190. The number of rotatable bonds is 2. The van der Waals surface area contributed by atoms with Gasteiger partial charge in [0.15, 0.2) is 0 Å². The summed E-state index contributed by atoms with van der Waals surface area (Å²) in [5, 5.41) is 6.12. The van der Waals surface area contributed by atoms with Crippen LogP contribution in [0.4, 0.5) is 4.79 Å². The van der Waals surface area contributed by atoms with Gasteiger partial charge in [-0.25, -0.2) is 4.79 Å². The van der Waals surface area contributed by atoms with Gasteiger partial charge < -0.3 is 15.4 Å². The third-order valence-corrected chi connectivity index (χ3v) is 2.39. The molecule has 1 rings (SSSR count). The van der Waals surface area contributed by atoms with E-state index in [0.717, 1.165) is 32.5 Å². The van der Waals surface area contributed by atoms with E-state index >= 15 is 0 Å². The molecule has 1 aliphatic heterocycles. The topological polar surface area (TPSA) is 50.4 Å². The lowest BCUT2D eigenvalue weighted by Gasteiger charge is -2.24. The molecule has 0 saturated carbocycles. The minimum absolute atomic E-state index is 0. The fourth-order valence-electron chi connectivity index (χ4n) is 1.63. The molecule has 0 aromatic heterocycles. The molecule has 1 saturated heterocycles. The summed E-state index contributed by atoms with van der Waals surface area (Å²) in [5.41, 5.74) is -0.405. The van der Waals surface area contributed by atoms with Gasteiger partial charge in [0.05, 0.1) is 0 Å². The van der Waals surface area contributed by atoms with Crippen LogP contribution in [-0.2, 0) is 4.74 Å². The minimum atomic E-state index is -0.405. The van der Waals surface area contributed by atoms with Gasteiger partial charge in [0.2, 0.25) is 0 Å². The van der Waals surface area contributed by atoms with E-state index in [2.05, 4.69) is 10.6 Å². The lowest BCUT2D eigenvalue weighted by atomic mass is 9.98. The standard InChI is InChI=1S/C11H22N2O2.2ClH/c1-11(2,3)15-10(14)13-8-9-4-6-12-7-5-9;;/h9,12H,4-8H2,1-3H3,(H,13,14);2*1H. The monoisotopic (exact) mass is 286 g/mol. The Morgan fingerprint density at radius 1 is 1.29 bits per heavy atom. The average Bonchev–Trinajstić information content (AvgIpc) is 2.14. The van der Waals surface area contributed by atoms with Gasteiger partial charge in [-0.15, -0.1) is 24.8 Å². The fraction of sp³-hybridized carbons (Fsp3) is 0.909. The molecule has 0 atom stereocenters. The van der Waals surface area contributed by atoms with E-state index in [-0.39, 0.29) is 30.9 Å². The van der Waals surface area contributed by atoms with Crippen LogP contribution in [0.25, 0.3) is 0 Å². The zero-order valence-electron chi connectivity index (χ0n) is 10.7. The van der Waals surface area contributed by atoms with Crippen molar-refractivity contribution in [2.24, 2.45) is 5.92 Å². The Bertz CT molecular complexity index is 214. The van der Waals surface area contributed by atoms with Crippen LogP contribution < -0.4 is 10.6 Å². The van der Waals surface area contributed by atoms with E-state index in [0.29, 0.717) is 5.92 Å². The predicted molar refractivity (Wildman–Crippen MR) is 74.3 cm³/mol. The second-order valence-electron chi connectivity index (χ2n) is 5.08. The van der Waals surface area contributed by atoms with E-state index in [9.17, 15) is 4.79 Å². The number of halogens is 2. The molecule has 17 heavy (non-hydrogen) atoms. The summed E-state index contributed by atoms with van der Waals surface area (Å²) in [6.45, 7) is 8.46. The Balaban J connectivity index is 0. The van der Waals surface area contributed by atoms with Crippen LogP contribution in [0.15, 0.2) is 0 Å². The first kappa shape index (κ1) is 19.2. The molecule has 6 heteroatoms. The number of ether oxygens (including phenoxy) is 1. The van der Waals surface area contributed by atoms with Gasteiger partial charge in [-0.3, -0.25) is 0 Å². The van der Waals surface area contributed by atoms with Crippen LogP contribution in [0.1, 0.15) is 33.6 Å². The summed E-state index contributed by atoms with van der Waals surface area (Å²) in [7, 11) is 0. The van der Waals surface area contributed by atoms with Gasteiger partial charge >= 0.3 is 6.09 Å². The first-order chi connectivity index (χ1) is 6.97. The summed E-state index contributed by atoms with van der Waals surface area (Å²) in [6.07, 6.45) is 1.96. The van der Waals surface area contributed by atoms with Crippen molar-refractivity contribution in [2.45, 2.75) is 39.2 Å². The van der Waals surface area contributed by atoms with Crippen molar-refractivity contribution in [3.8, 4) is 0 Å². The number of carbonyl (C=O) groups is 1. The third kappa shape index (κ3) is 9.51. The summed E-state index contributed by atoms with van der Waals surface area (Å²) >= 11 is 0. The Morgan fingerprint density at radius 2 is 1.82 bits per heavy atom. The highest BCUT2D eigenvalue weighted by molar-refractivity contribution is 5.85. The molecule has 0 radical (unpaired) electrons. The van der Waals surface area contributed by atoms with Crippen molar-refractivity contribution in [3.05, 3.63) is 0 Å². The molecule has 104 valence electrons. The molecule has 1 aliphatic rings. The highest BCUT2D eigenvalue weighted by Crippen LogP contribution is 2.11. The molecule has 2 N–H and O–H groups in total. The second kappa shape index (κ2) is 8.84. The Morgan fingerprint density at radius 3 is 2.29 bits per heavy atom. The zero-order valence-corrected chi connectivity index (χ0v) is 12.4. The molecule has 0 bridgehead atoms. The van der Waals surface area contributed by atoms with Crippen LogP contribution in [0.2, 0.25) is 0 Å². The van der Waals surface area contributed by atoms with Crippen LogP contribution in [0.3, 0.4) is 0 Å². The maximum Gasteiger partial charge on any atom is 0.407 e. The number of alkyl carbamates (subject to hydrolysis) is 1. The molecule has 0 aromatic carbocycles. The lowest BCUT2D eigenvalue weighted by molar-refractivity contribution is 0.0516. The van der Waals surface area contributed by atoms with Gasteiger partial charge in [-0.2, -0.15) is 0 Å². The highest BCUT2D eigenvalue weighted by atomic mass is 35.5. The van der Waals surface area contributed by atoms with E-state index in [1.165, 1.54) is 0 Å². The SMILES string of the molecule is CC(C)(C)OC(=O)NCC1CCNCC1.Cl.Cl. The number of hydrogen-bond acceptors (Lipinski definition) is 3. The van der Waals surface area contributed by atoms with Gasteiger partial charge in [-0.1, -0.05) is 0 Å². The van der Waals surface area contributed by atoms with Gasteiger partial charge in [-0.05, 0) is 52.6 Å². The number of nitrogens with one attached hydrogen (secondary N) is 2. The summed E-state index contributed by atoms with van der Waals surface area (Å²) < 4.78 is 5.16. The molecule has 0 aliphatic carbocycles. The maximum absolute atomic E-state index is 11.4. The summed E-state index contributed by atoms with van der Waals surface area (Å²) in [4.78, 5) is 11.4. The summed E-state index contributed by atoms with van der Waals surface area (Å²) in [5.74, 6) is 0.596. The quantitative estimate of drug-likeness (QED) is 0.819. The van der Waals surface area contributed by atoms with Crippen molar-refractivity contribution >= 4 is 30.9 Å². The maximum atomic E-state index is 11.4. The molecule has 1 amide bonds. The van der Waals surface area contributed by atoms with Crippen molar-refractivity contribution < 1.29 is 9.53 Å². The first-order valence-electron chi connectivity index (χ1n) is 5.65. The average molecular weight is 287 g/mol. The Labute approximate surface area is 116 Å². The third-order valence-electron chi connectivity index (χ3n) is 2.39. The fourth-order valence-corrected chi connectivity index (χ4v) is 1.63. The van der Waals surface area contributed by atoms with Crippen LogP contribution in [0, 0.1) is 5.92 Å². The number of hydrogen-bond donors (Lipinski definition) is 2. The normalized spacial score (nSPS) is 16.4. The van der Waals surface area contributed by atoms with Crippen LogP contribution in [-0.4, -0.2) is 31.3 Å². The Kier molecular flexibility index (Phi) is 9.96. The van der Waals surface area contributed by atoms with E-state index in [1.807, 2.05) is 20.8 Å². The molecular weight excluding hydrogens is 263 g/mol. The van der Waals surface area contributed by atoms with Crippen molar-refractivity contribution in [2.75, 3.05) is 19.6 Å². The molecule has 0 unspecified atom stereocenters. The first-order valence-corrected chi connectivity index (χ1v) is 5.65.